The van der Waals surface area contributed by atoms with Crippen LogP contribution in [-0.4, -0.2) is 20.0 Å². The molecule has 0 unspecified atom stereocenters. The third kappa shape index (κ3) is 3.34. The van der Waals surface area contributed by atoms with E-state index in [1.54, 1.807) is 6.07 Å². The van der Waals surface area contributed by atoms with Crippen molar-refractivity contribution in [2.45, 2.75) is 13.8 Å². The van der Waals surface area contributed by atoms with Gasteiger partial charge in [0.2, 0.25) is 0 Å². The number of nitrogens with zero attached hydrogens (tertiary/aromatic N) is 1. The molecule has 0 atom stereocenters. The van der Waals surface area contributed by atoms with Gasteiger partial charge in [-0.15, -0.1) is 0 Å². The first-order chi connectivity index (χ1) is 9.88. The van der Waals surface area contributed by atoms with Crippen molar-refractivity contribution in [1.82, 2.24) is 0 Å². The van der Waals surface area contributed by atoms with Crippen LogP contribution in [0.3, 0.4) is 0 Å². The molecule has 0 radical (unpaired) electrons. The van der Waals surface area contributed by atoms with Crippen molar-refractivity contribution in [2.75, 3.05) is 30.0 Å². The molecule has 1 amide bonds. The maximum absolute atomic E-state index is 12.3. The number of hydrogen-bond donors (Lipinski definition) is 2. The average molecular weight is 283 g/mol. The van der Waals surface area contributed by atoms with Gasteiger partial charge in [0, 0.05) is 36.7 Å². The molecule has 110 valence electrons. The van der Waals surface area contributed by atoms with Crippen molar-refractivity contribution in [1.29, 1.82) is 0 Å². The van der Waals surface area contributed by atoms with Crippen LogP contribution in [0.2, 0.25) is 0 Å². The van der Waals surface area contributed by atoms with E-state index in [4.69, 9.17) is 5.73 Å². The van der Waals surface area contributed by atoms with Crippen LogP contribution in [-0.2, 0) is 0 Å². The van der Waals surface area contributed by atoms with Crippen molar-refractivity contribution < 1.29 is 4.79 Å². The number of aryl methyl sites for hydroxylation is 2. The lowest BCUT2D eigenvalue weighted by Gasteiger charge is -2.14. The topological polar surface area (TPSA) is 58.4 Å². The van der Waals surface area contributed by atoms with E-state index in [1.165, 1.54) is 0 Å². The molecular formula is C17H21N3O. The van der Waals surface area contributed by atoms with Crippen LogP contribution >= 0.6 is 0 Å². The van der Waals surface area contributed by atoms with Crippen molar-refractivity contribution >= 4 is 23.0 Å². The maximum Gasteiger partial charge on any atom is 0.256 e. The lowest BCUT2D eigenvalue weighted by atomic mass is 10.0. The summed E-state index contributed by atoms with van der Waals surface area (Å²) in [6.07, 6.45) is 0. The summed E-state index contributed by atoms with van der Waals surface area (Å²) in [5.74, 6) is -0.142. The minimum absolute atomic E-state index is 0.142. The molecule has 0 aliphatic carbocycles. The molecule has 0 saturated heterocycles. The third-order valence-corrected chi connectivity index (χ3v) is 3.50. The summed E-state index contributed by atoms with van der Waals surface area (Å²) in [6.45, 7) is 3.85. The number of benzene rings is 2. The van der Waals surface area contributed by atoms with E-state index < -0.39 is 0 Å². The highest BCUT2D eigenvalue weighted by atomic mass is 16.1. The quantitative estimate of drug-likeness (QED) is 0.850. The van der Waals surface area contributed by atoms with Gasteiger partial charge in [-0.25, -0.2) is 0 Å². The molecule has 21 heavy (non-hydrogen) atoms. The van der Waals surface area contributed by atoms with Gasteiger partial charge in [0.1, 0.15) is 0 Å². The minimum Gasteiger partial charge on any atom is -0.398 e. The van der Waals surface area contributed by atoms with Crippen molar-refractivity contribution in [2.24, 2.45) is 0 Å². The van der Waals surface area contributed by atoms with E-state index in [0.29, 0.717) is 11.3 Å². The zero-order valence-electron chi connectivity index (χ0n) is 12.9. The Morgan fingerprint density at radius 2 is 1.67 bits per heavy atom. The number of amides is 1. The highest BCUT2D eigenvalue weighted by Crippen LogP contribution is 2.20. The lowest BCUT2D eigenvalue weighted by Crippen LogP contribution is -2.14. The summed E-state index contributed by atoms with van der Waals surface area (Å²) in [7, 11) is 3.96. The summed E-state index contributed by atoms with van der Waals surface area (Å²) in [5.41, 5.74) is 10.9. The van der Waals surface area contributed by atoms with Crippen LogP contribution < -0.4 is 16.0 Å². The number of anilines is 3. The fraction of sp³-hybridized carbons (Fsp3) is 0.235. The number of carbonyl (C=O) groups is 1. The Morgan fingerprint density at radius 3 is 2.24 bits per heavy atom. The van der Waals surface area contributed by atoms with Gasteiger partial charge in [-0.05, 0) is 55.3 Å². The first kappa shape index (κ1) is 14.9. The molecule has 0 fully saturated rings. The molecule has 0 heterocycles. The van der Waals surface area contributed by atoms with Crippen LogP contribution in [0.5, 0.6) is 0 Å². The first-order valence-electron chi connectivity index (χ1n) is 6.84. The highest BCUT2D eigenvalue weighted by Gasteiger charge is 2.11. The predicted molar refractivity (Wildman–Crippen MR) is 89.1 cm³/mol. The van der Waals surface area contributed by atoms with Gasteiger partial charge in [-0.3, -0.25) is 4.79 Å². The van der Waals surface area contributed by atoms with Gasteiger partial charge in [0.25, 0.3) is 5.91 Å². The number of carbonyl (C=O) groups excluding carboxylic acids is 1. The van der Waals surface area contributed by atoms with E-state index >= 15 is 0 Å². The summed E-state index contributed by atoms with van der Waals surface area (Å²) < 4.78 is 0. The lowest BCUT2D eigenvalue weighted by molar-refractivity contribution is 0.102. The third-order valence-electron chi connectivity index (χ3n) is 3.50. The molecule has 0 aliphatic rings. The van der Waals surface area contributed by atoms with E-state index in [2.05, 4.69) is 5.32 Å². The van der Waals surface area contributed by atoms with Crippen molar-refractivity contribution in [3.05, 3.63) is 53.1 Å². The minimum atomic E-state index is -0.142. The number of rotatable bonds is 3. The predicted octanol–water partition coefficient (Wildman–Crippen LogP) is 3.20. The standard InChI is InChI=1S/C17H21N3O/c1-11-9-12(2)16(18)10-15(11)17(21)19-13-5-7-14(8-6-13)20(3)4/h5-10H,18H2,1-4H3,(H,19,21). The molecule has 0 saturated carbocycles. The molecule has 2 rings (SSSR count). The second-order valence-corrected chi connectivity index (χ2v) is 5.42. The van der Waals surface area contributed by atoms with E-state index in [-0.39, 0.29) is 5.91 Å². The van der Waals surface area contributed by atoms with E-state index in [0.717, 1.165) is 22.5 Å². The van der Waals surface area contributed by atoms with Crippen LogP contribution in [0.1, 0.15) is 21.5 Å². The van der Waals surface area contributed by atoms with Gasteiger partial charge >= 0.3 is 0 Å². The molecular weight excluding hydrogens is 262 g/mol. The van der Waals surface area contributed by atoms with Crippen LogP contribution in [0.4, 0.5) is 17.1 Å². The van der Waals surface area contributed by atoms with Gasteiger partial charge in [0.15, 0.2) is 0 Å². The number of hydrogen-bond acceptors (Lipinski definition) is 3. The van der Waals surface area contributed by atoms with Gasteiger partial charge in [-0.1, -0.05) is 6.07 Å². The number of nitrogens with two attached hydrogens (primary N) is 1. The smallest absolute Gasteiger partial charge is 0.256 e. The molecule has 4 nitrogen and oxygen atoms in total. The second kappa shape index (κ2) is 5.87. The summed E-state index contributed by atoms with van der Waals surface area (Å²) in [5, 5.41) is 2.90. The summed E-state index contributed by atoms with van der Waals surface area (Å²) in [6, 6.07) is 11.4. The Kier molecular flexibility index (Phi) is 4.17. The summed E-state index contributed by atoms with van der Waals surface area (Å²) in [4.78, 5) is 14.4. The SMILES string of the molecule is Cc1cc(C)c(C(=O)Nc2ccc(N(C)C)cc2)cc1N. The molecule has 0 bridgehead atoms. The van der Waals surface area contributed by atoms with Gasteiger partial charge in [-0.2, -0.15) is 0 Å². The second-order valence-electron chi connectivity index (χ2n) is 5.42. The number of nitrogens with one attached hydrogen (secondary N) is 1. The molecule has 2 aromatic carbocycles. The van der Waals surface area contributed by atoms with Crippen molar-refractivity contribution in [3.63, 3.8) is 0 Å². The molecule has 0 spiro atoms. The first-order valence-corrected chi connectivity index (χ1v) is 6.84. The van der Waals surface area contributed by atoms with Crippen LogP contribution in [0, 0.1) is 13.8 Å². The normalized spacial score (nSPS) is 10.3. The fourth-order valence-electron chi connectivity index (χ4n) is 2.15. The zero-order valence-corrected chi connectivity index (χ0v) is 12.9. The zero-order chi connectivity index (χ0) is 15.6. The molecule has 4 heteroatoms. The van der Waals surface area contributed by atoms with E-state index in [9.17, 15) is 4.79 Å². The maximum atomic E-state index is 12.3. The average Bonchev–Trinajstić information content (AvgIpc) is 2.43. The van der Waals surface area contributed by atoms with Gasteiger partial charge < -0.3 is 16.0 Å². The monoisotopic (exact) mass is 283 g/mol. The Labute approximate surface area is 125 Å². The molecule has 0 aromatic heterocycles. The Balaban J connectivity index is 2.20. The molecule has 3 N–H and O–H groups in total. The number of nitrogen functional groups attached to an aromatic ring is 1. The fourth-order valence-corrected chi connectivity index (χ4v) is 2.15. The van der Waals surface area contributed by atoms with Gasteiger partial charge in [0.05, 0.1) is 0 Å². The Hall–Kier alpha value is -2.49. The summed E-state index contributed by atoms with van der Waals surface area (Å²) >= 11 is 0. The Morgan fingerprint density at radius 1 is 1.05 bits per heavy atom. The molecule has 0 aliphatic heterocycles. The largest absolute Gasteiger partial charge is 0.398 e. The van der Waals surface area contributed by atoms with Crippen LogP contribution in [0.15, 0.2) is 36.4 Å². The Bertz CT molecular complexity index is 660. The molecule has 2 aromatic rings. The van der Waals surface area contributed by atoms with Crippen molar-refractivity contribution in [3.8, 4) is 0 Å². The van der Waals surface area contributed by atoms with E-state index in [1.807, 2.05) is 63.2 Å². The highest BCUT2D eigenvalue weighted by molar-refractivity contribution is 6.06. The van der Waals surface area contributed by atoms with Crippen LogP contribution in [0.25, 0.3) is 0 Å².